The van der Waals surface area contributed by atoms with Crippen molar-refractivity contribution in [2.24, 2.45) is 0 Å². The molecule has 21 nitrogen and oxygen atoms in total. The van der Waals surface area contributed by atoms with E-state index in [-0.39, 0.29) is 174 Å². The van der Waals surface area contributed by atoms with Gasteiger partial charge in [0.05, 0.1) is 66.2 Å². The van der Waals surface area contributed by atoms with Crippen molar-refractivity contribution >= 4 is 84.7 Å². The van der Waals surface area contributed by atoms with Gasteiger partial charge in [-0.3, -0.25) is 58.6 Å². The van der Waals surface area contributed by atoms with E-state index in [2.05, 4.69) is 30.6 Å². The molecular weight excluding hydrogens is 1360 g/mol. The molecule has 2 amide bonds. The van der Waals surface area contributed by atoms with E-state index in [0.717, 1.165) is 10.8 Å². The second kappa shape index (κ2) is 35.0. The summed E-state index contributed by atoms with van der Waals surface area (Å²) >= 11 is 0. The molecular formula is C42H57GdIr2N13O8-5. The minimum Gasteiger partial charge on any atom is -0.693 e. The molecule has 66 heavy (non-hydrogen) atoms. The van der Waals surface area contributed by atoms with Gasteiger partial charge in [-0.05, 0) is 48.5 Å². The van der Waals surface area contributed by atoms with E-state index in [9.17, 15) is 39.3 Å². The van der Waals surface area contributed by atoms with Crippen LogP contribution in [-0.2, 0) is 64.2 Å². The van der Waals surface area contributed by atoms with Crippen molar-refractivity contribution in [1.82, 2.24) is 34.6 Å². The molecule has 24 heteroatoms. The second-order valence-electron chi connectivity index (χ2n) is 12.8. The van der Waals surface area contributed by atoms with Crippen LogP contribution in [0.25, 0.3) is 68.2 Å². The van der Waals surface area contributed by atoms with Gasteiger partial charge < -0.3 is 80.3 Å². The summed E-state index contributed by atoms with van der Waals surface area (Å²) in [6, 6.07) is 17.8. The zero-order valence-electron chi connectivity index (χ0n) is 36.8. The number of carboxylic acid groups (broad SMARTS) is 3. The third kappa shape index (κ3) is 19.9. The normalized spacial score (nSPS) is 9.62. The molecule has 0 aliphatic rings. The number of carbonyl (C=O) groups is 5. The number of carboxylic acids is 3. The van der Waals surface area contributed by atoms with Gasteiger partial charge in [-0.1, -0.05) is 12.1 Å². The molecule has 0 aliphatic carbocycles. The summed E-state index contributed by atoms with van der Waals surface area (Å²) in [5.41, 5.74) is 3.46. The number of hydrogen-bond donors (Lipinski definition) is 5. The van der Waals surface area contributed by atoms with Gasteiger partial charge in [-0.15, -0.1) is 0 Å². The van der Waals surface area contributed by atoms with Gasteiger partial charge >= 0.3 is 57.8 Å². The van der Waals surface area contributed by atoms with Crippen molar-refractivity contribution in [2.45, 2.75) is 0 Å². The first kappa shape index (κ1) is 73.3. The van der Waals surface area contributed by atoms with Crippen molar-refractivity contribution in [1.29, 1.82) is 0 Å². The van der Waals surface area contributed by atoms with Crippen LogP contribution in [0.3, 0.4) is 0 Å². The Kier molecular flexibility index (Phi) is 38.9. The van der Waals surface area contributed by atoms with Crippen LogP contribution in [0, 0.1) is 69.6 Å². The van der Waals surface area contributed by atoms with Crippen molar-refractivity contribution in [3.8, 4) is 0 Å². The molecule has 2 aromatic carbocycles. The first-order chi connectivity index (χ1) is 26.5. The zero-order chi connectivity index (χ0) is 38.9. The molecule has 0 unspecified atom stereocenters. The quantitative estimate of drug-likeness (QED) is 0.0417. The number of rotatable bonds is 18. The van der Waals surface area contributed by atoms with Crippen LogP contribution >= 0.6 is 0 Å². The van der Waals surface area contributed by atoms with E-state index in [1.165, 1.54) is 14.7 Å². The van der Waals surface area contributed by atoms with Crippen molar-refractivity contribution < 1.29 is 119 Å². The number of nitrogens with two attached hydrogens (primary N) is 4. The minimum absolute atomic E-state index is 0. The topological polar surface area (TPSA) is 365 Å². The van der Waals surface area contributed by atoms with Gasteiger partial charge in [-0.2, -0.15) is 0 Å². The van der Waals surface area contributed by atoms with Gasteiger partial charge in [0.15, 0.2) is 0 Å². The molecule has 0 aliphatic heterocycles. The Labute approximate surface area is 444 Å². The van der Waals surface area contributed by atoms with Crippen molar-refractivity contribution in [3.63, 3.8) is 0 Å². The minimum atomic E-state index is -1.19. The number of benzene rings is 2. The number of aromatic nitrogens is 4. The molecule has 0 saturated carbocycles. The predicted octanol–water partition coefficient (Wildman–Crippen LogP) is 7.28. The monoisotopic (exact) mass is 1420 g/mol. The first-order valence-corrected chi connectivity index (χ1v) is 17.2. The van der Waals surface area contributed by atoms with Gasteiger partial charge in [-0.25, -0.2) is 0 Å². The Morgan fingerprint density at radius 1 is 0.455 bits per heavy atom. The van der Waals surface area contributed by atoms with Crippen LogP contribution in [0.1, 0.15) is 0 Å². The largest absolute Gasteiger partial charge is 3.00 e. The number of fused-ring (bicyclic) bond motifs is 6. The number of nitrogens with one attached hydrogen (secondary N) is 2. The maximum absolute atomic E-state index is 13.3. The molecule has 0 fully saturated rings. The summed E-state index contributed by atoms with van der Waals surface area (Å²) in [6.45, 7) is -2.05. The third-order valence-electron chi connectivity index (χ3n) is 8.75. The molecule has 13 N–H and O–H groups in total. The van der Waals surface area contributed by atoms with Crippen LogP contribution in [0.4, 0.5) is 11.4 Å². The molecule has 369 valence electrons. The zero-order valence-corrected chi connectivity index (χ0v) is 43.8. The third-order valence-corrected chi connectivity index (χ3v) is 8.75. The number of aliphatic carboxylic acids is 3. The summed E-state index contributed by atoms with van der Waals surface area (Å²) in [5.74, 6) is -4.53. The van der Waals surface area contributed by atoms with E-state index in [4.69, 9.17) is 0 Å². The van der Waals surface area contributed by atoms with Crippen LogP contribution < -0.4 is 10.6 Å². The summed E-state index contributed by atoms with van der Waals surface area (Å²) in [5, 5.41) is 37.4. The fourth-order valence-corrected chi connectivity index (χ4v) is 6.38. The molecule has 4 aromatic heterocycles. The molecule has 3 radical (unpaired) electrons. The molecule has 0 saturated heterocycles. The van der Waals surface area contributed by atoms with Crippen molar-refractivity contribution in [3.05, 3.63) is 140 Å². The average molecular weight is 1410 g/mol. The predicted molar refractivity (Wildman–Crippen MR) is 250 cm³/mol. The van der Waals surface area contributed by atoms with E-state index in [1.54, 1.807) is 73.3 Å². The van der Waals surface area contributed by atoms with E-state index < -0.39 is 49.4 Å². The average Bonchev–Trinajstić information content (AvgIpc) is 3.15. The van der Waals surface area contributed by atoms with Crippen molar-refractivity contribution in [2.75, 3.05) is 69.5 Å². The van der Waals surface area contributed by atoms with Crippen LogP contribution in [-0.4, -0.2) is 139 Å². The number of carbonyl (C=O) groups excluding carboxylic acids is 2. The number of pyridine rings is 4. The summed E-state index contributed by atoms with van der Waals surface area (Å²) in [4.78, 5) is 83.9. The number of hydrogen-bond acceptors (Lipinski definition) is 12. The Bertz CT molecular complexity index is 2280. The molecule has 0 atom stereocenters. The molecule has 0 spiro atoms. The molecule has 0 bridgehead atoms. The number of amides is 2. The van der Waals surface area contributed by atoms with Gasteiger partial charge in [0, 0.05) is 113 Å². The SMILES string of the molecule is O=C(O)CN(CCN(CC(=O)O)CC(=O)Nc1cc2cccnc2c2ncccc12)CCN(CC(=O)O)CC(=O)Nc1cc2cccnc2c2ncccc12.[CH3-].[CH3-].[CH3-].[CH3-].[Gd+3].[Ir].[Ir].[NH2-].[NH2-].[NH2-].[NH2-]. The van der Waals surface area contributed by atoms with Crippen LogP contribution in [0.2, 0.25) is 0 Å². The van der Waals surface area contributed by atoms with Gasteiger partial charge in [0.1, 0.15) is 0 Å². The fourth-order valence-electron chi connectivity index (χ4n) is 6.38. The smallest absolute Gasteiger partial charge is 0.693 e. The summed E-state index contributed by atoms with van der Waals surface area (Å²) < 4.78 is 0. The maximum Gasteiger partial charge on any atom is 3.00 e. The Hall–Kier alpha value is -4.23. The summed E-state index contributed by atoms with van der Waals surface area (Å²) in [6.07, 6.45) is 6.55. The first-order valence-electron chi connectivity index (χ1n) is 17.2. The second-order valence-corrected chi connectivity index (χ2v) is 12.8. The van der Waals surface area contributed by atoms with Gasteiger partial charge in [0.25, 0.3) is 0 Å². The fraction of sp³-hybridized carbons (Fsp3) is 0.214. The van der Waals surface area contributed by atoms with E-state index in [0.29, 0.717) is 44.2 Å². The van der Waals surface area contributed by atoms with Crippen LogP contribution in [0.15, 0.2) is 85.5 Å². The Morgan fingerprint density at radius 3 is 1.08 bits per heavy atom. The summed E-state index contributed by atoms with van der Waals surface area (Å²) in [7, 11) is 0. The number of anilines is 2. The van der Waals surface area contributed by atoms with Gasteiger partial charge in [0.2, 0.25) is 11.8 Å². The van der Waals surface area contributed by atoms with E-state index in [1.807, 2.05) is 12.1 Å². The van der Waals surface area contributed by atoms with Crippen LogP contribution in [0.5, 0.6) is 0 Å². The number of nitrogens with zero attached hydrogens (tertiary/aromatic N) is 7. The molecule has 4 heterocycles. The maximum atomic E-state index is 13.3. The Morgan fingerprint density at radius 2 is 0.742 bits per heavy atom. The molecule has 6 aromatic rings. The molecule has 6 rings (SSSR count). The standard InChI is InChI=1S/C38H37N9O8.4CH3.Gd.2Ir.4H2N/c48-30(43-28-17-24-5-1-9-39-35(24)37-26(28)7-3-11-41-37)19-46(22-33(52)53)15-13-45(21-32(50)51)14-16-47(23-34(54)55)20-31(49)44-29-18-25-6-2-10-40-36(25)38-27(29)8-4-12-42-38;;;;;;;;;;;/h1-12,17-18H,13-16,19-23H2,(H,43,48)(H,44,49)(H,50,51)(H,52,53)(H,54,55);4*1H3;;;;4*1H2/q;4*-1;+3;;;4*-1. The Balaban J connectivity index is -0.000000818. The van der Waals surface area contributed by atoms with E-state index >= 15 is 0 Å².